The van der Waals surface area contributed by atoms with Gasteiger partial charge >= 0.3 is 6.03 Å². The molecule has 1 saturated heterocycles. The molecule has 0 saturated carbocycles. The fraction of sp³-hybridized carbons (Fsp3) is 0.588. The molecule has 0 aliphatic carbocycles. The van der Waals surface area contributed by atoms with Crippen molar-refractivity contribution in [1.82, 2.24) is 4.90 Å². The van der Waals surface area contributed by atoms with E-state index in [0.717, 1.165) is 24.1 Å². The maximum atomic E-state index is 12.5. The highest BCUT2D eigenvalue weighted by molar-refractivity contribution is 7.86. The predicted molar refractivity (Wildman–Crippen MR) is 92.9 cm³/mol. The number of amides is 2. The van der Waals surface area contributed by atoms with E-state index >= 15 is 0 Å². The van der Waals surface area contributed by atoms with Crippen molar-refractivity contribution in [2.75, 3.05) is 24.2 Å². The Morgan fingerprint density at radius 2 is 2.05 bits per heavy atom. The molecule has 1 N–H and O–H groups in total. The summed E-state index contributed by atoms with van der Waals surface area (Å²) >= 11 is 0. The van der Waals surface area contributed by atoms with E-state index in [-0.39, 0.29) is 10.8 Å². The number of benzene rings is 1. The topological polar surface area (TPSA) is 49.4 Å². The predicted octanol–water partition coefficient (Wildman–Crippen LogP) is 3.19. The molecule has 4 nitrogen and oxygen atoms in total. The van der Waals surface area contributed by atoms with Crippen LogP contribution in [0.4, 0.5) is 10.5 Å². The Bertz CT molecular complexity index is 584. The standard InChI is InChI=1S/C17H26N2O2S/c1-5-13-7-8-14(6-2)15(11-13)18-16(20)19-9-10-22(21)17(3,4)12-19/h7-8,11H,5-6,9-10,12H2,1-4H3,(H,18,20). The first-order chi connectivity index (χ1) is 10.4. The van der Waals surface area contributed by atoms with Gasteiger partial charge in [0.15, 0.2) is 0 Å². The Balaban J connectivity index is 2.13. The molecule has 0 radical (unpaired) electrons. The van der Waals surface area contributed by atoms with E-state index in [1.807, 2.05) is 13.8 Å². The molecule has 1 aliphatic rings. The van der Waals surface area contributed by atoms with Crippen molar-refractivity contribution in [3.63, 3.8) is 0 Å². The van der Waals surface area contributed by atoms with Gasteiger partial charge < -0.3 is 10.2 Å². The van der Waals surface area contributed by atoms with Crippen molar-refractivity contribution in [3.05, 3.63) is 29.3 Å². The number of carbonyl (C=O) groups excluding carboxylic acids is 1. The highest BCUT2D eigenvalue weighted by atomic mass is 32.2. The molecule has 22 heavy (non-hydrogen) atoms. The molecule has 1 aliphatic heterocycles. The molecular formula is C17H26N2O2S. The number of nitrogens with zero attached hydrogens (tertiary/aromatic N) is 1. The number of rotatable bonds is 3. The zero-order valence-electron chi connectivity index (χ0n) is 13.9. The molecule has 1 heterocycles. The molecule has 1 atom stereocenters. The van der Waals surface area contributed by atoms with Crippen LogP contribution in [0.5, 0.6) is 0 Å². The number of aryl methyl sites for hydroxylation is 2. The van der Waals surface area contributed by atoms with E-state index in [4.69, 9.17) is 0 Å². The zero-order valence-corrected chi connectivity index (χ0v) is 14.8. The molecule has 1 aromatic rings. The molecule has 1 aromatic carbocycles. The van der Waals surface area contributed by atoms with Gasteiger partial charge in [0.25, 0.3) is 0 Å². The number of nitrogens with one attached hydrogen (secondary N) is 1. The van der Waals surface area contributed by atoms with Crippen molar-refractivity contribution < 1.29 is 9.00 Å². The van der Waals surface area contributed by atoms with Crippen molar-refractivity contribution in [3.8, 4) is 0 Å². The lowest BCUT2D eigenvalue weighted by Gasteiger charge is -2.37. The molecule has 2 amide bonds. The molecule has 1 unspecified atom stereocenters. The minimum Gasteiger partial charge on any atom is -0.322 e. The second kappa shape index (κ2) is 6.82. The number of hydrogen-bond acceptors (Lipinski definition) is 2. The maximum absolute atomic E-state index is 12.5. The highest BCUT2D eigenvalue weighted by Crippen LogP contribution is 2.23. The van der Waals surface area contributed by atoms with Crippen LogP contribution >= 0.6 is 0 Å². The summed E-state index contributed by atoms with van der Waals surface area (Å²) in [6.45, 7) is 9.19. The highest BCUT2D eigenvalue weighted by Gasteiger charge is 2.35. The number of hydrogen-bond donors (Lipinski definition) is 1. The van der Waals surface area contributed by atoms with E-state index in [1.54, 1.807) is 4.90 Å². The minimum atomic E-state index is -0.867. The summed E-state index contributed by atoms with van der Waals surface area (Å²) in [6, 6.07) is 6.17. The van der Waals surface area contributed by atoms with Crippen LogP contribution in [0.25, 0.3) is 0 Å². The van der Waals surface area contributed by atoms with Crippen LogP contribution in [0.3, 0.4) is 0 Å². The summed E-state index contributed by atoms with van der Waals surface area (Å²) in [5.74, 6) is 0.552. The largest absolute Gasteiger partial charge is 0.322 e. The molecule has 0 bridgehead atoms. The van der Waals surface area contributed by atoms with Gasteiger partial charge in [-0.05, 0) is 43.9 Å². The first kappa shape index (κ1) is 17.0. The fourth-order valence-corrected chi connectivity index (χ4v) is 3.95. The first-order valence-corrected chi connectivity index (χ1v) is 9.25. The van der Waals surface area contributed by atoms with Crippen LogP contribution in [0.1, 0.15) is 38.8 Å². The second-order valence-electron chi connectivity index (χ2n) is 6.36. The van der Waals surface area contributed by atoms with Crippen LogP contribution in [0.15, 0.2) is 18.2 Å². The SMILES string of the molecule is CCc1ccc(CC)c(NC(=O)N2CCS(=O)C(C)(C)C2)c1. The van der Waals surface area contributed by atoms with Crippen molar-refractivity contribution >= 4 is 22.5 Å². The van der Waals surface area contributed by atoms with Gasteiger partial charge in [0, 0.05) is 35.3 Å². The monoisotopic (exact) mass is 322 g/mol. The van der Waals surface area contributed by atoms with Gasteiger partial charge in [-0.1, -0.05) is 26.0 Å². The molecule has 5 heteroatoms. The Labute approximate surface area is 135 Å². The van der Waals surface area contributed by atoms with Crippen molar-refractivity contribution in [2.45, 2.75) is 45.3 Å². The smallest absolute Gasteiger partial charge is 0.321 e. The van der Waals surface area contributed by atoms with Gasteiger partial charge in [-0.25, -0.2) is 4.79 Å². The van der Waals surface area contributed by atoms with Gasteiger partial charge in [-0.2, -0.15) is 0 Å². The van der Waals surface area contributed by atoms with E-state index in [0.29, 0.717) is 18.8 Å². The van der Waals surface area contributed by atoms with Crippen molar-refractivity contribution in [1.29, 1.82) is 0 Å². The normalized spacial score (nSPS) is 20.7. The van der Waals surface area contributed by atoms with E-state index in [1.165, 1.54) is 5.56 Å². The van der Waals surface area contributed by atoms with Gasteiger partial charge in [-0.3, -0.25) is 4.21 Å². The van der Waals surface area contributed by atoms with Gasteiger partial charge in [0.05, 0.1) is 4.75 Å². The lowest BCUT2D eigenvalue weighted by atomic mass is 10.1. The van der Waals surface area contributed by atoms with E-state index in [2.05, 4.69) is 37.4 Å². The molecular weight excluding hydrogens is 296 g/mol. The number of urea groups is 1. The molecule has 0 spiro atoms. The average molecular weight is 322 g/mol. The summed E-state index contributed by atoms with van der Waals surface area (Å²) in [6.07, 6.45) is 1.83. The van der Waals surface area contributed by atoms with Gasteiger partial charge in [0.1, 0.15) is 0 Å². The molecule has 0 aromatic heterocycles. The average Bonchev–Trinajstić information content (AvgIpc) is 2.49. The second-order valence-corrected chi connectivity index (χ2v) is 8.56. The van der Waals surface area contributed by atoms with Gasteiger partial charge in [-0.15, -0.1) is 0 Å². The van der Waals surface area contributed by atoms with Crippen LogP contribution in [-0.4, -0.2) is 38.7 Å². The Hall–Kier alpha value is -1.36. The maximum Gasteiger partial charge on any atom is 0.321 e. The van der Waals surface area contributed by atoms with Crippen LogP contribution in [0, 0.1) is 0 Å². The quantitative estimate of drug-likeness (QED) is 0.929. The Morgan fingerprint density at radius 3 is 2.64 bits per heavy atom. The van der Waals surface area contributed by atoms with Gasteiger partial charge in [0.2, 0.25) is 0 Å². The fourth-order valence-electron chi connectivity index (χ4n) is 2.72. The molecule has 2 rings (SSSR count). The van der Waals surface area contributed by atoms with Crippen LogP contribution in [-0.2, 0) is 23.6 Å². The third kappa shape index (κ3) is 3.69. The van der Waals surface area contributed by atoms with Crippen LogP contribution in [0.2, 0.25) is 0 Å². The summed E-state index contributed by atoms with van der Waals surface area (Å²) in [4.78, 5) is 14.3. The Morgan fingerprint density at radius 1 is 1.32 bits per heavy atom. The van der Waals surface area contributed by atoms with E-state index < -0.39 is 10.8 Å². The summed E-state index contributed by atoms with van der Waals surface area (Å²) < 4.78 is 11.6. The zero-order chi connectivity index (χ0) is 16.3. The number of carbonyl (C=O) groups is 1. The summed E-state index contributed by atoms with van der Waals surface area (Å²) in [5, 5.41) is 3.05. The Kier molecular flexibility index (Phi) is 5.27. The third-order valence-corrected chi connectivity index (χ3v) is 6.14. The summed E-state index contributed by atoms with van der Waals surface area (Å²) in [5.41, 5.74) is 3.26. The lowest BCUT2D eigenvalue weighted by Crippen LogP contribution is -2.53. The summed E-state index contributed by atoms with van der Waals surface area (Å²) in [7, 11) is -0.867. The molecule has 1 fully saturated rings. The van der Waals surface area contributed by atoms with Crippen LogP contribution < -0.4 is 5.32 Å². The molecule has 122 valence electrons. The number of anilines is 1. The minimum absolute atomic E-state index is 0.0901. The first-order valence-electron chi connectivity index (χ1n) is 7.93. The third-order valence-electron chi connectivity index (χ3n) is 4.23. The van der Waals surface area contributed by atoms with Crippen molar-refractivity contribution in [2.24, 2.45) is 0 Å². The van der Waals surface area contributed by atoms with E-state index in [9.17, 15) is 9.00 Å². The lowest BCUT2D eigenvalue weighted by molar-refractivity contribution is 0.207.